The zero-order valence-electron chi connectivity index (χ0n) is 30.9. The summed E-state index contributed by atoms with van der Waals surface area (Å²) >= 11 is 0. The maximum Gasteiger partial charge on any atom is 0.160 e. The highest BCUT2D eigenvalue weighted by molar-refractivity contribution is 6.05. The van der Waals surface area contributed by atoms with Crippen LogP contribution in [0.3, 0.4) is 0 Å². The predicted molar refractivity (Wildman–Crippen MR) is 230 cm³/mol. The summed E-state index contributed by atoms with van der Waals surface area (Å²) in [5.41, 5.74) is 17.7. The van der Waals surface area contributed by atoms with Crippen molar-refractivity contribution in [2.24, 2.45) is 0 Å². The Kier molecular flexibility index (Phi) is 7.85. The van der Waals surface area contributed by atoms with Crippen LogP contribution in [0.25, 0.3) is 89.2 Å². The standard InChI is InChI=1S/C53H38N2/c1-53(2)48-26-12-11-23-45(48)47-25-14-24-42(51(47)53)40-20-13-19-39(33-40)35-27-29-36(30-28-35)41-31-32-46(44-22-10-9-21-43(41)44)50-34-49(37-15-5-3-6-16-37)54-52(55-50)38-17-7-4-8-18-38/h3-34H,1-2H3. The first-order valence-electron chi connectivity index (χ1n) is 19.0. The molecule has 2 heteroatoms. The van der Waals surface area contributed by atoms with E-state index in [0.717, 1.165) is 39.3 Å². The van der Waals surface area contributed by atoms with Crippen LogP contribution in [0.1, 0.15) is 25.0 Å². The molecule has 0 spiro atoms. The Morgan fingerprint density at radius 1 is 0.327 bits per heavy atom. The lowest BCUT2D eigenvalue weighted by Crippen LogP contribution is -2.16. The monoisotopic (exact) mass is 702 g/mol. The molecule has 0 saturated heterocycles. The highest BCUT2D eigenvalue weighted by atomic mass is 14.9. The van der Waals surface area contributed by atoms with Crippen molar-refractivity contribution in [2.75, 3.05) is 0 Å². The lowest BCUT2D eigenvalue weighted by atomic mass is 9.78. The molecule has 9 aromatic rings. The van der Waals surface area contributed by atoms with E-state index in [0.29, 0.717) is 0 Å². The molecule has 55 heavy (non-hydrogen) atoms. The summed E-state index contributed by atoms with van der Waals surface area (Å²) in [4.78, 5) is 10.2. The van der Waals surface area contributed by atoms with Gasteiger partial charge in [0.2, 0.25) is 0 Å². The third-order valence-corrected chi connectivity index (χ3v) is 11.3. The zero-order chi connectivity index (χ0) is 36.9. The third kappa shape index (κ3) is 5.66. The Balaban J connectivity index is 1.02. The topological polar surface area (TPSA) is 25.8 Å². The predicted octanol–water partition coefficient (Wildman–Crippen LogP) is 13.9. The minimum Gasteiger partial charge on any atom is -0.228 e. The summed E-state index contributed by atoms with van der Waals surface area (Å²) in [5, 5.41) is 2.35. The summed E-state index contributed by atoms with van der Waals surface area (Å²) in [6.07, 6.45) is 0. The minimum atomic E-state index is -0.0691. The van der Waals surface area contributed by atoms with Crippen molar-refractivity contribution in [1.82, 2.24) is 9.97 Å². The lowest BCUT2D eigenvalue weighted by molar-refractivity contribution is 0.662. The number of aromatic nitrogens is 2. The first kappa shape index (κ1) is 32.7. The smallest absolute Gasteiger partial charge is 0.160 e. The van der Waals surface area contributed by atoms with E-state index in [-0.39, 0.29) is 5.41 Å². The van der Waals surface area contributed by atoms with Crippen molar-refractivity contribution in [2.45, 2.75) is 19.3 Å². The van der Waals surface area contributed by atoms with Gasteiger partial charge in [-0.2, -0.15) is 0 Å². The van der Waals surface area contributed by atoms with Crippen molar-refractivity contribution in [3.63, 3.8) is 0 Å². The molecule has 0 unspecified atom stereocenters. The Hall–Kier alpha value is -6.90. The normalized spacial score (nSPS) is 12.7. The van der Waals surface area contributed by atoms with E-state index < -0.39 is 0 Å². The van der Waals surface area contributed by atoms with E-state index in [1.807, 2.05) is 24.3 Å². The van der Waals surface area contributed by atoms with Gasteiger partial charge in [-0.15, -0.1) is 0 Å². The van der Waals surface area contributed by atoms with E-state index >= 15 is 0 Å². The fourth-order valence-electron chi connectivity index (χ4n) is 8.63. The molecule has 0 N–H and O–H groups in total. The van der Waals surface area contributed by atoms with Gasteiger partial charge in [-0.05, 0) is 78.5 Å². The quantitative estimate of drug-likeness (QED) is 0.172. The molecule has 1 heterocycles. The van der Waals surface area contributed by atoms with Gasteiger partial charge in [0, 0.05) is 22.1 Å². The van der Waals surface area contributed by atoms with Gasteiger partial charge in [-0.25, -0.2) is 9.97 Å². The van der Waals surface area contributed by atoms with E-state index in [1.54, 1.807) is 0 Å². The van der Waals surface area contributed by atoms with Crippen molar-refractivity contribution in [3.05, 3.63) is 205 Å². The molecule has 0 bridgehead atoms. The third-order valence-electron chi connectivity index (χ3n) is 11.3. The van der Waals surface area contributed by atoms with Crippen LogP contribution in [0.2, 0.25) is 0 Å². The largest absolute Gasteiger partial charge is 0.228 e. The molecule has 0 radical (unpaired) electrons. The van der Waals surface area contributed by atoms with Crippen LogP contribution >= 0.6 is 0 Å². The van der Waals surface area contributed by atoms with Gasteiger partial charge in [0.05, 0.1) is 11.4 Å². The van der Waals surface area contributed by atoms with Crippen LogP contribution in [0, 0.1) is 0 Å². The van der Waals surface area contributed by atoms with E-state index in [2.05, 4.69) is 184 Å². The molecule has 260 valence electrons. The van der Waals surface area contributed by atoms with Gasteiger partial charge < -0.3 is 0 Å². The second kappa shape index (κ2) is 13.2. The SMILES string of the molecule is CC1(C)c2ccccc2-c2cccc(-c3cccc(-c4ccc(-c5ccc(-c6cc(-c7ccccc7)nc(-c7ccccc7)n6)c6ccccc56)cc4)c3)c21. The first-order valence-corrected chi connectivity index (χ1v) is 19.0. The summed E-state index contributed by atoms with van der Waals surface area (Å²) < 4.78 is 0. The van der Waals surface area contributed by atoms with E-state index in [4.69, 9.17) is 9.97 Å². The molecule has 1 aliphatic rings. The highest BCUT2D eigenvalue weighted by Crippen LogP contribution is 2.52. The van der Waals surface area contributed by atoms with Crippen LogP contribution in [-0.4, -0.2) is 9.97 Å². The molecule has 1 aliphatic carbocycles. The van der Waals surface area contributed by atoms with Crippen molar-refractivity contribution >= 4 is 10.8 Å². The van der Waals surface area contributed by atoms with Gasteiger partial charge in [-0.1, -0.05) is 196 Å². The van der Waals surface area contributed by atoms with Crippen LogP contribution in [0.4, 0.5) is 0 Å². The maximum absolute atomic E-state index is 5.15. The Morgan fingerprint density at radius 2 is 0.873 bits per heavy atom. The molecule has 1 aromatic heterocycles. The summed E-state index contributed by atoms with van der Waals surface area (Å²) in [6, 6.07) is 69.6. The lowest BCUT2D eigenvalue weighted by Gasteiger charge is -2.24. The van der Waals surface area contributed by atoms with Gasteiger partial charge in [0.1, 0.15) is 0 Å². The molecular formula is C53H38N2. The number of hydrogen-bond donors (Lipinski definition) is 0. The Labute approximate surface area is 322 Å². The summed E-state index contributed by atoms with van der Waals surface area (Å²) in [7, 11) is 0. The van der Waals surface area contributed by atoms with Gasteiger partial charge in [0.15, 0.2) is 5.82 Å². The van der Waals surface area contributed by atoms with Gasteiger partial charge in [-0.3, -0.25) is 0 Å². The molecule has 0 fully saturated rings. The Morgan fingerprint density at radius 3 is 1.65 bits per heavy atom. The van der Waals surface area contributed by atoms with Crippen LogP contribution in [0.5, 0.6) is 0 Å². The number of rotatable bonds is 6. The molecule has 0 amide bonds. The van der Waals surface area contributed by atoms with Crippen molar-refractivity contribution in [1.29, 1.82) is 0 Å². The zero-order valence-corrected chi connectivity index (χ0v) is 30.9. The molecule has 10 rings (SSSR count). The summed E-state index contributed by atoms with van der Waals surface area (Å²) in [6.45, 7) is 4.72. The van der Waals surface area contributed by atoms with Gasteiger partial charge in [0.25, 0.3) is 0 Å². The second-order valence-electron chi connectivity index (χ2n) is 15.0. The average molecular weight is 703 g/mol. The first-order chi connectivity index (χ1) is 27.0. The number of nitrogens with zero attached hydrogens (tertiary/aromatic N) is 2. The second-order valence-corrected chi connectivity index (χ2v) is 15.0. The maximum atomic E-state index is 5.15. The number of hydrogen-bond acceptors (Lipinski definition) is 2. The number of benzene rings is 8. The van der Waals surface area contributed by atoms with Crippen LogP contribution < -0.4 is 0 Å². The summed E-state index contributed by atoms with van der Waals surface area (Å²) in [5.74, 6) is 0.718. The number of fused-ring (bicyclic) bond motifs is 4. The molecular weight excluding hydrogens is 665 g/mol. The molecule has 8 aromatic carbocycles. The molecule has 0 saturated carbocycles. The van der Waals surface area contributed by atoms with E-state index in [9.17, 15) is 0 Å². The Bertz CT molecular complexity index is 2810. The average Bonchev–Trinajstić information content (AvgIpc) is 3.50. The highest BCUT2D eigenvalue weighted by Gasteiger charge is 2.37. The molecule has 0 atom stereocenters. The fourth-order valence-corrected chi connectivity index (χ4v) is 8.63. The van der Waals surface area contributed by atoms with Gasteiger partial charge >= 0.3 is 0 Å². The van der Waals surface area contributed by atoms with Crippen LogP contribution in [0.15, 0.2) is 194 Å². The molecule has 2 nitrogen and oxygen atoms in total. The minimum absolute atomic E-state index is 0.0691. The van der Waals surface area contributed by atoms with Crippen LogP contribution in [-0.2, 0) is 5.41 Å². The van der Waals surface area contributed by atoms with E-state index in [1.165, 1.54) is 61.0 Å². The molecule has 0 aliphatic heterocycles. The van der Waals surface area contributed by atoms with Crippen molar-refractivity contribution < 1.29 is 0 Å². The fraction of sp³-hybridized carbons (Fsp3) is 0.0566. The van der Waals surface area contributed by atoms with Crippen molar-refractivity contribution in [3.8, 4) is 78.4 Å².